The highest BCUT2D eigenvalue weighted by Gasteiger charge is 2.12. The fraction of sp³-hybridized carbons (Fsp3) is 0.250. The van der Waals surface area contributed by atoms with Gasteiger partial charge >= 0.3 is 5.97 Å². The summed E-state index contributed by atoms with van der Waals surface area (Å²) in [5.74, 6) is 0.274. The Hall–Kier alpha value is -4.13. The third-order valence-corrected chi connectivity index (χ3v) is 5.30. The molecule has 0 unspecified atom stereocenters. The summed E-state index contributed by atoms with van der Waals surface area (Å²) >= 11 is 0. The molecule has 3 aromatic rings. The number of anilines is 1. The molecular formula is C28H30N2O5. The zero-order valence-corrected chi connectivity index (χ0v) is 20.2. The van der Waals surface area contributed by atoms with Gasteiger partial charge in [-0.1, -0.05) is 42.5 Å². The van der Waals surface area contributed by atoms with Crippen LogP contribution in [0.4, 0.5) is 5.69 Å². The molecule has 3 rings (SSSR count). The van der Waals surface area contributed by atoms with Crippen molar-refractivity contribution in [2.24, 2.45) is 0 Å². The molecule has 0 bridgehead atoms. The molecule has 0 aliphatic heterocycles. The summed E-state index contributed by atoms with van der Waals surface area (Å²) in [7, 11) is 0. The average molecular weight is 475 g/mol. The summed E-state index contributed by atoms with van der Waals surface area (Å²) in [5, 5.41) is 5.76. The first-order valence-corrected chi connectivity index (χ1v) is 11.5. The van der Waals surface area contributed by atoms with Crippen LogP contribution in [0.2, 0.25) is 0 Å². The number of aryl methyl sites for hydroxylation is 2. The van der Waals surface area contributed by atoms with Gasteiger partial charge in [0, 0.05) is 31.1 Å². The van der Waals surface area contributed by atoms with E-state index in [1.54, 1.807) is 30.3 Å². The van der Waals surface area contributed by atoms with Crippen molar-refractivity contribution in [3.05, 3.63) is 89.0 Å². The lowest BCUT2D eigenvalue weighted by atomic mass is 10.1. The zero-order chi connectivity index (χ0) is 25.2. The molecule has 0 spiro atoms. The molecule has 0 aliphatic carbocycles. The standard InChI is InChI=1S/C28H30N2O5/c1-19-9-6-10-20(2)27(19)34-16-8-15-26(32)29-18-23-11-4-5-14-25(23)30-28(33)22-12-7-13-24(17-22)35-21(3)31/h4-7,9-14,17H,8,15-16,18H2,1-3H3,(H,29,32)(H,30,33). The van der Waals surface area contributed by atoms with Crippen molar-refractivity contribution < 1.29 is 23.9 Å². The van der Waals surface area contributed by atoms with Gasteiger partial charge in [-0.05, 0) is 61.2 Å². The number of hydrogen-bond donors (Lipinski definition) is 2. The van der Waals surface area contributed by atoms with Crippen LogP contribution in [-0.4, -0.2) is 24.4 Å². The molecule has 0 heterocycles. The first kappa shape index (κ1) is 25.5. The maximum absolute atomic E-state index is 12.7. The van der Waals surface area contributed by atoms with Gasteiger partial charge in [0.25, 0.3) is 5.91 Å². The molecule has 3 aromatic carbocycles. The molecular weight excluding hydrogens is 444 g/mol. The maximum atomic E-state index is 12.7. The van der Waals surface area contributed by atoms with Gasteiger partial charge in [-0.25, -0.2) is 0 Å². The van der Waals surface area contributed by atoms with Gasteiger partial charge in [0.1, 0.15) is 11.5 Å². The van der Waals surface area contributed by atoms with Crippen LogP contribution in [0.5, 0.6) is 11.5 Å². The van der Waals surface area contributed by atoms with Crippen molar-refractivity contribution in [1.29, 1.82) is 0 Å². The van der Waals surface area contributed by atoms with Crippen molar-refractivity contribution >= 4 is 23.5 Å². The highest BCUT2D eigenvalue weighted by atomic mass is 16.5. The van der Waals surface area contributed by atoms with Crippen LogP contribution in [0.25, 0.3) is 0 Å². The number of ether oxygens (including phenoxy) is 2. The molecule has 0 aliphatic rings. The van der Waals surface area contributed by atoms with Gasteiger partial charge < -0.3 is 20.1 Å². The van der Waals surface area contributed by atoms with E-state index in [2.05, 4.69) is 10.6 Å². The Labute approximate surface area is 205 Å². The molecule has 0 saturated carbocycles. The Morgan fingerprint density at radius 3 is 2.34 bits per heavy atom. The van der Waals surface area contributed by atoms with Gasteiger partial charge in [-0.3, -0.25) is 14.4 Å². The Bertz CT molecular complexity index is 1190. The van der Waals surface area contributed by atoms with Crippen LogP contribution >= 0.6 is 0 Å². The smallest absolute Gasteiger partial charge is 0.308 e. The molecule has 0 fully saturated rings. The van der Waals surface area contributed by atoms with E-state index in [9.17, 15) is 14.4 Å². The SMILES string of the molecule is CC(=O)Oc1cccc(C(=O)Nc2ccccc2CNC(=O)CCCOc2c(C)cccc2C)c1. The summed E-state index contributed by atoms with van der Waals surface area (Å²) in [6, 6.07) is 19.6. The minimum Gasteiger partial charge on any atom is -0.493 e. The molecule has 0 aromatic heterocycles. The lowest BCUT2D eigenvalue weighted by molar-refractivity contribution is -0.131. The molecule has 7 heteroatoms. The zero-order valence-electron chi connectivity index (χ0n) is 20.2. The second-order valence-electron chi connectivity index (χ2n) is 8.18. The highest BCUT2D eigenvalue weighted by Crippen LogP contribution is 2.22. The number of carbonyl (C=O) groups excluding carboxylic acids is 3. The van der Waals surface area contributed by atoms with E-state index in [1.807, 2.05) is 44.2 Å². The van der Waals surface area contributed by atoms with Gasteiger partial charge in [-0.15, -0.1) is 0 Å². The first-order chi connectivity index (χ1) is 16.8. The van der Waals surface area contributed by atoms with E-state index >= 15 is 0 Å². The van der Waals surface area contributed by atoms with Crippen LogP contribution in [0.15, 0.2) is 66.7 Å². The van der Waals surface area contributed by atoms with Crippen LogP contribution in [0.3, 0.4) is 0 Å². The van der Waals surface area contributed by atoms with Gasteiger partial charge in [-0.2, -0.15) is 0 Å². The third-order valence-electron chi connectivity index (χ3n) is 5.30. The number of carbonyl (C=O) groups is 3. The number of esters is 1. The van der Waals surface area contributed by atoms with Crippen LogP contribution < -0.4 is 20.1 Å². The largest absolute Gasteiger partial charge is 0.493 e. The summed E-state index contributed by atoms with van der Waals surface area (Å²) < 4.78 is 10.9. The maximum Gasteiger partial charge on any atom is 0.308 e. The number of nitrogens with one attached hydrogen (secondary N) is 2. The van der Waals surface area contributed by atoms with Crippen LogP contribution in [-0.2, 0) is 16.1 Å². The van der Waals surface area contributed by atoms with Crippen molar-refractivity contribution in [3.63, 3.8) is 0 Å². The fourth-order valence-corrected chi connectivity index (χ4v) is 3.57. The Kier molecular flexibility index (Phi) is 9.01. The Morgan fingerprint density at radius 2 is 1.60 bits per heavy atom. The Balaban J connectivity index is 1.50. The molecule has 7 nitrogen and oxygen atoms in total. The number of hydrogen-bond acceptors (Lipinski definition) is 5. The fourth-order valence-electron chi connectivity index (χ4n) is 3.57. The van der Waals surface area contributed by atoms with Crippen molar-refractivity contribution in [1.82, 2.24) is 5.32 Å². The lowest BCUT2D eigenvalue weighted by Gasteiger charge is -2.13. The van der Waals surface area contributed by atoms with E-state index in [4.69, 9.17) is 9.47 Å². The second-order valence-corrected chi connectivity index (χ2v) is 8.18. The quantitative estimate of drug-likeness (QED) is 0.246. The van der Waals surface area contributed by atoms with Crippen molar-refractivity contribution in [2.45, 2.75) is 40.2 Å². The topological polar surface area (TPSA) is 93.7 Å². The number of amides is 2. The third kappa shape index (κ3) is 7.71. The first-order valence-electron chi connectivity index (χ1n) is 11.5. The number of benzene rings is 3. The summed E-state index contributed by atoms with van der Waals surface area (Å²) in [6.07, 6.45) is 0.930. The van der Waals surface area contributed by atoms with E-state index < -0.39 is 5.97 Å². The predicted octanol–water partition coefficient (Wildman–Crippen LogP) is 4.96. The minimum absolute atomic E-state index is 0.0923. The number of rotatable bonds is 10. The van der Waals surface area contributed by atoms with Crippen molar-refractivity contribution in [2.75, 3.05) is 11.9 Å². The van der Waals surface area contributed by atoms with E-state index in [0.29, 0.717) is 36.4 Å². The number of para-hydroxylation sites is 2. The molecule has 0 atom stereocenters. The molecule has 35 heavy (non-hydrogen) atoms. The normalized spacial score (nSPS) is 10.4. The van der Waals surface area contributed by atoms with E-state index in [1.165, 1.54) is 13.0 Å². The molecule has 182 valence electrons. The monoisotopic (exact) mass is 474 g/mol. The summed E-state index contributed by atoms with van der Waals surface area (Å²) in [5.41, 5.74) is 3.87. The van der Waals surface area contributed by atoms with Gasteiger partial charge in [0.2, 0.25) is 5.91 Å². The average Bonchev–Trinajstić information content (AvgIpc) is 2.82. The highest BCUT2D eigenvalue weighted by molar-refractivity contribution is 6.05. The van der Waals surface area contributed by atoms with Crippen molar-refractivity contribution in [3.8, 4) is 11.5 Å². The van der Waals surface area contributed by atoms with Crippen LogP contribution in [0.1, 0.15) is 46.8 Å². The summed E-state index contributed by atoms with van der Waals surface area (Å²) in [6.45, 7) is 6.04. The van der Waals surface area contributed by atoms with Gasteiger partial charge in [0.15, 0.2) is 0 Å². The van der Waals surface area contributed by atoms with Gasteiger partial charge in [0.05, 0.1) is 6.61 Å². The summed E-state index contributed by atoms with van der Waals surface area (Å²) in [4.78, 5) is 36.2. The lowest BCUT2D eigenvalue weighted by Crippen LogP contribution is -2.24. The molecule has 2 amide bonds. The van der Waals surface area contributed by atoms with E-state index in [-0.39, 0.29) is 18.4 Å². The van der Waals surface area contributed by atoms with Crippen LogP contribution in [0, 0.1) is 13.8 Å². The second kappa shape index (κ2) is 12.4. The Morgan fingerprint density at radius 1 is 0.886 bits per heavy atom. The molecule has 0 radical (unpaired) electrons. The minimum atomic E-state index is -0.458. The molecule has 2 N–H and O–H groups in total. The van der Waals surface area contributed by atoms with E-state index in [0.717, 1.165) is 22.4 Å². The molecule has 0 saturated heterocycles. The predicted molar refractivity (Wildman–Crippen MR) is 135 cm³/mol.